The summed E-state index contributed by atoms with van der Waals surface area (Å²) in [4.78, 5) is 13.0. The van der Waals surface area contributed by atoms with Crippen LogP contribution in [-0.4, -0.2) is 19.7 Å². The largest absolute Gasteiger partial charge is 0.466 e. The molecule has 3 nitrogen and oxygen atoms in total. The summed E-state index contributed by atoms with van der Waals surface area (Å²) in [5, 5.41) is 1.89. The van der Waals surface area contributed by atoms with Crippen molar-refractivity contribution in [3.8, 4) is 5.75 Å². The quantitative estimate of drug-likeness (QED) is 0.456. The van der Waals surface area contributed by atoms with E-state index in [1.54, 1.807) is 7.11 Å². The summed E-state index contributed by atoms with van der Waals surface area (Å²) in [5.41, 5.74) is 0.659. The fourth-order valence-corrected chi connectivity index (χ4v) is 2.90. The third-order valence-corrected chi connectivity index (χ3v) is 4.27. The lowest BCUT2D eigenvalue weighted by atomic mass is 10.1. The number of hydrogen-bond donors (Lipinski definition) is 0. The molecular formula is C13H11IO3S. The molecule has 0 saturated heterocycles. The molecule has 5 heteroatoms. The molecule has 0 aliphatic rings. The van der Waals surface area contributed by atoms with Crippen molar-refractivity contribution < 1.29 is 14.3 Å². The lowest BCUT2D eigenvalue weighted by molar-refractivity contribution is 0.0504. The molecule has 1 heterocycles. The third kappa shape index (κ3) is 2.90. The molecule has 1 aromatic heterocycles. The van der Waals surface area contributed by atoms with Crippen LogP contribution in [0.5, 0.6) is 5.75 Å². The molecule has 0 spiro atoms. The molecule has 0 N–H and O–H groups in total. The van der Waals surface area contributed by atoms with Gasteiger partial charge in [0.15, 0.2) is 6.79 Å². The van der Waals surface area contributed by atoms with Crippen molar-refractivity contribution in [2.75, 3.05) is 13.9 Å². The zero-order valence-corrected chi connectivity index (χ0v) is 12.7. The summed E-state index contributed by atoms with van der Waals surface area (Å²) in [6.45, 7) is 0.173. The van der Waals surface area contributed by atoms with E-state index in [1.807, 2.05) is 35.7 Å². The predicted molar refractivity (Wildman–Crippen MR) is 79.4 cm³/mol. The number of carbonyl (C=O) groups excluding carboxylic acids is 1. The first-order valence-corrected chi connectivity index (χ1v) is 7.18. The Bertz CT molecular complexity index is 537. The topological polar surface area (TPSA) is 35.5 Å². The Balaban J connectivity index is 2.31. The van der Waals surface area contributed by atoms with E-state index in [9.17, 15) is 4.79 Å². The summed E-state index contributed by atoms with van der Waals surface area (Å²) in [6.07, 6.45) is 0. The molecule has 94 valence electrons. The monoisotopic (exact) mass is 374 g/mol. The number of hydrogen-bond acceptors (Lipinski definition) is 4. The number of benzene rings is 1. The molecule has 0 bridgehead atoms. The second kappa shape index (κ2) is 6.31. The zero-order valence-electron chi connectivity index (χ0n) is 9.68. The van der Waals surface area contributed by atoms with Gasteiger partial charge >= 0.3 is 0 Å². The number of methoxy groups -OCH3 is 1. The summed E-state index contributed by atoms with van der Waals surface area (Å²) < 4.78 is 11.1. The Morgan fingerprint density at radius 3 is 2.83 bits per heavy atom. The number of rotatable bonds is 5. The Labute approximate surface area is 123 Å². The Morgan fingerprint density at radius 1 is 1.33 bits per heavy atom. The van der Waals surface area contributed by atoms with E-state index in [2.05, 4.69) is 22.6 Å². The van der Waals surface area contributed by atoms with Gasteiger partial charge in [-0.3, -0.25) is 4.79 Å². The highest BCUT2D eigenvalue weighted by Gasteiger charge is 2.16. The smallest absolute Gasteiger partial charge is 0.204 e. The lowest BCUT2D eigenvalue weighted by Crippen LogP contribution is -2.05. The molecule has 0 unspecified atom stereocenters. The number of thiophene rings is 1. The summed E-state index contributed by atoms with van der Waals surface area (Å²) in [7, 11) is 1.56. The maximum absolute atomic E-state index is 12.3. The molecular weight excluding hydrogens is 363 g/mol. The van der Waals surface area contributed by atoms with Crippen molar-refractivity contribution in [3.05, 3.63) is 49.7 Å². The third-order valence-electron chi connectivity index (χ3n) is 2.29. The van der Waals surface area contributed by atoms with Crippen molar-refractivity contribution in [1.82, 2.24) is 0 Å². The highest BCUT2D eigenvalue weighted by atomic mass is 127. The highest BCUT2D eigenvalue weighted by molar-refractivity contribution is 14.1. The van der Waals surface area contributed by atoms with Crippen LogP contribution in [0.2, 0.25) is 0 Å². The van der Waals surface area contributed by atoms with Gasteiger partial charge in [-0.2, -0.15) is 0 Å². The van der Waals surface area contributed by atoms with Crippen LogP contribution < -0.4 is 4.74 Å². The van der Waals surface area contributed by atoms with Gasteiger partial charge in [-0.05, 0) is 46.2 Å². The number of halogens is 1. The van der Waals surface area contributed by atoms with Gasteiger partial charge in [0.05, 0.1) is 8.45 Å². The van der Waals surface area contributed by atoms with Gasteiger partial charge in [-0.1, -0.05) is 12.1 Å². The molecule has 0 atom stereocenters. The second-order valence-corrected chi connectivity index (χ2v) is 5.50. The minimum atomic E-state index is 0.0252. The van der Waals surface area contributed by atoms with Crippen LogP contribution >= 0.6 is 33.9 Å². The molecule has 0 saturated carbocycles. The van der Waals surface area contributed by atoms with Gasteiger partial charge in [-0.25, -0.2) is 0 Å². The van der Waals surface area contributed by atoms with Crippen molar-refractivity contribution in [2.24, 2.45) is 0 Å². The second-order valence-electron chi connectivity index (χ2n) is 3.47. The van der Waals surface area contributed by atoms with Crippen LogP contribution in [0.3, 0.4) is 0 Å². The molecule has 18 heavy (non-hydrogen) atoms. The number of carbonyl (C=O) groups is 1. The molecule has 2 aromatic rings. The van der Waals surface area contributed by atoms with Gasteiger partial charge in [0, 0.05) is 12.7 Å². The molecule has 0 aliphatic carbocycles. The minimum Gasteiger partial charge on any atom is -0.466 e. The van der Waals surface area contributed by atoms with Gasteiger partial charge in [0.2, 0.25) is 5.78 Å². The summed E-state index contributed by atoms with van der Waals surface area (Å²) in [6, 6.07) is 9.14. The predicted octanol–water partition coefficient (Wildman–Crippen LogP) is 3.57. The number of ketones is 1. The van der Waals surface area contributed by atoms with Crippen LogP contribution in [0.4, 0.5) is 0 Å². The van der Waals surface area contributed by atoms with Gasteiger partial charge < -0.3 is 9.47 Å². The standard InChI is InChI=1S/C13H11IO3S/c1-16-8-17-10-5-2-4-9(12(10)14)13(15)11-6-3-7-18-11/h2-7H,8H2,1H3. The first kappa shape index (κ1) is 13.5. The first-order chi connectivity index (χ1) is 8.74. The van der Waals surface area contributed by atoms with Crippen molar-refractivity contribution >= 4 is 39.7 Å². The minimum absolute atomic E-state index is 0.0252. The average molecular weight is 374 g/mol. The molecule has 0 fully saturated rings. The van der Waals surface area contributed by atoms with Crippen molar-refractivity contribution in [3.63, 3.8) is 0 Å². The SMILES string of the molecule is COCOc1cccc(C(=O)c2cccs2)c1I. The Hall–Kier alpha value is -0.920. The van der Waals surface area contributed by atoms with E-state index in [1.165, 1.54) is 11.3 Å². The molecule has 0 amide bonds. The maximum atomic E-state index is 12.3. The fraction of sp³-hybridized carbons (Fsp3) is 0.154. The van der Waals surface area contributed by atoms with Crippen LogP contribution in [0.25, 0.3) is 0 Å². The van der Waals surface area contributed by atoms with E-state index >= 15 is 0 Å². The fourth-order valence-electron chi connectivity index (χ4n) is 1.46. The lowest BCUT2D eigenvalue weighted by Gasteiger charge is -2.09. The van der Waals surface area contributed by atoms with Crippen molar-refractivity contribution in [1.29, 1.82) is 0 Å². The van der Waals surface area contributed by atoms with Gasteiger partial charge in [0.25, 0.3) is 0 Å². The van der Waals surface area contributed by atoms with E-state index in [0.717, 1.165) is 8.45 Å². The van der Waals surface area contributed by atoms with Crippen LogP contribution in [0.1, 0.15) is 15.2 Å². The Kier molecular flexibility index (Phi) is 4.73. The van der Waals surface area contributed by atoms with E-state index in [0.29, 0.717) is 11.3 Å². The number of ether oxygens (including phenoxy) is 2. The average Bonchev–Trinajstić information content (AvgIpc) is 2.91. The van der Waals surface area contributed by atoms with Gasteiger partial charge in [-0.15, -0.1) is 11.3 Å². The molecule has 0 aliphatic heterocycles. The highest BCUT2D eigenvalue weighted by Crippen LogP contribution is 2.27. The summed E-state index contributed by atoms with van der Waals surface area (Å²) in [5.74, 6) is 0.692. The molecule has 1 aromatic carbocycles. The zero-order chi connectivity index (χ0) is 13.0. The maximum Gasteiger partial charge on any atom is 0.204 e. The molecule has 0 radical (unpaired) electrons. The van der Waals surface area contributed by atoms with E-state index < -0.39 is 0 Å². The van der Waals surface area contributed by atoms with Crippen LogP contribution in [0.15, 0.2) is 35.7 Å². The summed E-state index contributed by atoms with van der Waals surface area (Å²) >= 11 is 3.56. The van der Waals surface area contributed by atoms with Crippen LogP contribution in [-0.2, 0) is 4.74 Å². The van der Waals surface area contributed by atoms with E-state index in [-0.39, 0.29) is 12.6 Å². The van der Waals surface area contributed by atoms with Crippen LogP contribution in [0, 0.1) is 3.57 Å². The Morgan fingerprint density at radius 2 is 2.17 bits per heavy atom. The normalized spacial score (nSPS) is 10.3. The molecule has 2 rings (SSSR count). The van der Waals surface area contributed by atoms with Gasteiger partial charge in [0.1, 0.15) is 5.75 Å². The first-order valence-electron chi connectivity index (χ1n) is 5.22. The van der Waals surface area contributed by atoms with Crippen molar-refractivity contribution in [2.45, 2.75) is 0 Å². The van der Waals surface area contributed by atoms with E-state index in [4.69, 9.17) is 9.47 Å².